The molecule has 0 spiro atoms. The summed E-state index contributed by atoms with van der Waals surface area (Å²) in [5.41, 5.74) is 11.9. The van der Waals surface area contributed by atoms with Gasteiger partial charge in [-0.05, 0) is 78.4 Å². The average Bonchev–Trinajstić information content (AvgIpc) is 3.12. The molecule has 3 aromatic rings. The van der Waals surface area contributed by atoms with E-state index in [1.807, 2.05) is 55.5 Å². The van der Waals surface area contributed by atoms with E-state index in [0.717, 1.165) is 29.9 Å². The molecule has 0 saturated carbocycles. The largest absolute Gasteiger partial charge is 0.363 e. The van der Waals surface area contributed by atoms with Crippen molar-refractivity contribution in [2.45, 2.75) is 33.9 Å². The lowest BCUT2D eigenvalue weighted by atomic mass is 10.0. The summed E-state index contributed by atoms with van der Waals surface area (Å²) >= 11 is 0. The highest BCUT2D eigenvalue weighted by Crippen LogP contribution is 2.30. The van der Waals surface area contributed by atoms with Gasteiger partial charge in [0.05, 0.1) is 6.21 Å². The van der Waals surface area contributed by atoms with Crippen molar-refractivity contribution in [3.63, 3.8) is 0 Å². The Bertz CT molecular complexity index is 1050. The zero-order valence-electron chi connectivity index (χ0n) is 17.1. The Morgan fingerprint density at radius 3 is 2.14 bits per heavy atom. The molecule has 0 radical (unpaired) electrons. The molecule has 1 amide bonds. The number of nitrogens with zero attached hydrogens (tertiary/aromatic N) is 2. The smallest absolute Gasteiger partial charge is 0.271 e. The van der Waals surface area contributed by atoms with Gasteiger partial charge < -0.3 is 4.90 Å². The number of fused-ring (bicyclic) bond motifs is 1. The van der Waals surface area contributed by atoms with Crippen molar-refractivity contribution in [1.82, 2.24) is 5.43 Å². The topological polar surface area (TPSA) is 44.7 Å². The molecule has 146 valence electrons. The number of carbonyl (C=O) groups excluding carboxylic acids is 1. The molecule has 0 atom stereocenters. The Kier molecular flexibility index (Phi) is 5.17. The van der Waals surface area contributed by atoms with Crippen LogP contribution in [0.2, 0.25) is 0 Å². The summed E-state index contributed by atoms with van der Waals surface area (Å²) in [4.78, 5) is 14.7. The molecule has 4 nitrogen and oxygen atoms in total. The van der Waals surface area contributed by atoms with Crippen LogP contribution in [0.25, 0.3) is 0 Å². The minimum absolute atomic E-state index is 0.211. The second-order valence-electron chi connectivity index (χ2n) is 7.66. The maximum absolute atomic E-state index is 12.4. The van der Waals surface area contributed by atoms with Crippen molar-refractivity contribution in [3.05, 3.63) is 99.6 Å². The van der Waals surface area contributed by atoms with Crippen LogP contribution in [0, 0.1) is 20.8 Å². The molecule has 0 fully saturated rings. The van der Waals surface area contributed by atoms with Crippen LogP contribution in [0.15, 0.2) is 65.8 Å². The minimum Gasteiger partial charge on any atom is -0.363 e. The summed E-state index contributed by atoms with van der Waals surface area (Å²) in [7, 11) is 0. The molecule has 0 unspecified atom stereocenters. The Balaban J connectivity index is 1.40. The number of benzene rings is 3. The first-order valence-electron chi connectivity index (χ1n) is 9.84. The van der Waals surface area contributed by atoms with Crippen LogP contribution < -0.4 is 10.3 Å². The zero-order chi connectivity index (χ0) is 20.4. The lowest BCUT2D eigenvalue weighted by Crippen LogP contribution is -2.18. The number of rotatable bonds is 4. The summed E-state index contributed by atoms with van der Waals surface area (Å²) in [5.74, 6) is -0.211. The summed E-state index contributed by atoms with van der Waals surface area (Å²) < 4.78 is 0. The second-order valence-corrected chi connectivity index (χ2v) is 7.66. The SMILES string of the molecule is Cc1cc2c(cc1C)CN(c1ccc(C(=O)N/N=C/c3ccccc3C)cc1)C2. The second kappa shape index (κ2) is 7.92. The van der Waals surface area contributed by atoms with Crippen molar-refractivity contribution in [3.8, 4) is 0 Å². The highest BCUT2D eigenvalue weighted by molar-refractivity contribution is 5.95. The number of anilines is 1. The molecule has 0 saturated heterocycles. The first kappa shape index (κ1) is 18.9. The van der Waals surface area contributed by atoms with E-state index in [4.69, 9.17) is 0 Å². The van der Waals surface area contributed by atoms with Gasteiger partial charge in [0.25, 0.3) is 5.91 Å². The molecular weight excluding hydrogens is 358 g/mol. The van der Waals surface area contributed by atoms with Gasteiger partial charge in [0, 0.05) is 24.3 Å². The Hall–Kier alpha value is -3.40. The number of nitrogens with one attached hydrogen (secondary N) is 1. The summed E-state index contributed by atoms with van der Waals surface area (Å²) in [5, 5.41) is 4.09. The molecule has 0 aliphatic carbocycles. The van der Waals surface area contributed by atoms with Crippen LogP contribution in [0.5, 0.6) is 0 Å². The molecule has 4 rings (SSSR count). The average molecular weight is 383 g/mol. The third-order valence-corrected chi connectivity index (χ3v) is 5.59. The molecule has 1 aliphatic heterocycles. The van der Waals surface area contributed by atoms with Gasteiger partial charge in [0.1, 0.15) is 0 Å². The first-order valence-corrected chi connectivity index (χ1v) is 9.84. The molecule has 0 aromatic heterocycles. The molecular formula is C25H25N3O. The first-order chi connectivity index (χ1) is 14.0. The number of carbonyl (C=O) groups is 1. The van der Waals surface area contributed by atoms with E-state index in [-0.39, 0.29) is 5.91 Å². The molecule has 1 heterocycles. The fourth-order valence-corrected chi connectivity index (χ4v) is 3.66. The van der Waals surface area contributed by atoms with Gasteiger partial charge >= 0.3 is 0 Å². The number of hydrogen-bond acceptors (Lipinski definition) is 3. The van der Waals surface area contributed by atoms with Crippen molar-refractivity contribution >= 4 is 17.8 Å². The van der Waals surface area contributed by atoms with E-state index in [1.54, 1.807) is 6.21 Å². The van der Waals surface area contributed by atoms with Crippen molar-refractivity contribution in [2.24, 2.45) is 5.10 Å². The zero-order valence-corrected chi connectivity index (χ0v) is 17.1. The van der Waals surface area contributed by atoms with Gasteiger partial charge in [-0.15, -0.1) is 0 Å². The van der Waals surface area contributed by atoms with Gasteiger partial charge in [-0.3, -0.25) is 4.79 Å². The molecule has 4 heteroatoms. The van der Waals surface area contributed by atoms with Crippen LogP contribution in [-0.2, 0) is 13.1 Å². The lowest BCUT2D eigenvalue weighted by molar-refractivity contribution is 0.0955. The van der Waals surface area contributed by atoms with Gasteiger partial charge in [-0.25, -0.2) is 5.43 Å². The molecule has 29 heavy (non-hydrogen) atoms. The van der Waals surface area contributed by atoms with Crippen molar-refractivity contribution in [2.75, 3.05) is 4.90 Å². The van der Waals surface area contributed by atoms with Crippen LogP contribution in [0.3, 0.4) is 0 Å². The molecule has 1 N–H and O–H groups in total. The van der Waals surface area contributed by atoms with E-state index >= 15 is 0 Å². The van der Waals surface area contributed by atoms with Gasteiger partial charge in [-0.2, -0.15) is 5.10 Å². The number of hydrogen-bond donors (Lipinski definition) is 1. The summed E-state index contributed by atoms with van der Waals surface area (Å²) in [6.07, 6.45) is 1.67. The van der Waals surface area contributed by atoms with E-state index in [9.17, 15) is 4.79 Å². The fraction of sp³-hybridized carbons (Fsp3) is 0.200. The van der Waals surface area contributed by atoms with Gasteiger partial charge in [-0.1, -0.05) is 36.4 Å². The quantitative estimate of drug-likeness (QED) is 0.515. The monoisotopic (exact) mass is 383 g/mol. The number of amides is 1. The van der Waals surface area contributed by atoms with Gasteiger partial charge in [0.15, 0.2) is 0 Å². The fourth-order valence-electron chi connectivity index (χ4n) is 3.66. The van der Waals surface area contributed by atoms with E-state index < -0.39 is 0 Å². The van der Waals surface area contributed by atoms with Crippen LogP contribution in [-0.4, -0.2) is 12.1 Å². The third kappa shape index (κ3) is 4.06. The van der Waals surface area contributed by atoms with Crippen LogP contribution >= 0.6 is 0 Å². The highest BCUT2D eigenvalue weighted by Gasteiger charge is 2.20. The molecule has 1 aliphatic rings. The van der Waals surface area contributed by atoms with Crippen LogP contribution in [0.1, 0.15) is 43.7 Å². The predicted octanol–water partition coefficient (Wildman–Crippen LogP) is 4.90. The Morgan fingerprint density at radius 2 is 1.52 bits per heavy atom. The number of hydrazone groups is 1. The summed E-state index contributed by atoms with van der Waals surface area (Å²) in [6, 6.07) is 20.2. The number of aryl methyl sites for hydroxylation is 3. The lowest BCUT2D eigenvalue weighted by Gasteiger charge is -2.17. The van der Waals surface area contributed by atoms with E-state index in [1.165, 1.54) is 22.3 Å². The van der Waals surface area contributed by atoms with Crippen molar-refractivity contribution < 1.29 is 4.79 Å². The van der Waals surface area contributed by atoms with Crippen molar-refractivity contribution in [1.29, 1.82) is 0 Å². The highest BCUT2D eigenvalue weighted by atomic mass is 16.2. The third-order valence-electron chi connectivity index (χ3n) is 5.59. The standard InChI is InChI=1S/C25H25N3O/c1-17-6-4-5-7-21(17)14-26-27-25(29)20-8-10-24(11-9-20)28-15-22-12-18(2)19(3)13-23(22)16-28/h4-14H,15-16H2,1-3H3,(H,27,29)/b26-14+. The maximum Gasteiger partial charge on any atom is 0.271 e. The summed E-state index contributed by atoms with van der Waals surface area (Å²) in [6.45, 7) is 8.15. The minimum atomic E-state index is -0.211. The Morgan fingerprint density at radius 1 is 0.897 bits per heavy atom. The normalized spacial score (nSPS) is 13.0. The molecule has 3 aromatic carbocycles. The maximum atomic E-state index is 12.4. The van der Waals surface area contributed by atoms with E-state index in [2.05, 4.69) is 41.4 Å². The van der Waals surface area contributed by atoms with Gasteiger partial charge in [0.2, 0.25) is 0 Å². The molecule has 0 bridgehead atoms. The Labute approximate surface area is 171 Å². The predicted molar refractivity (Wildman–Crippen MR) is 118 cm³/mol. The van der Waals surface area contributed by atoms with E-state index in [0.29, 0.717) is 5.56 Å². The van der Waals surface area contributed by atoms with Crippen LogP contribution in [0.4, 0.5) is 5.69 Å².